The Bertz CT molecular complexity index is 291. The zero-order valence-corrected chi connectivity index (χ0v) is 9.45. The van der Waals surface area contributed by atoms with E-state index >= 15 is 0 Å². The number of halogens is 1. The van der Waals surface area contributed by atoms with Gasteiger partial charge in [0.2, 0.25) is 5.95 Å². The largest absolute Gasteiger partial charge is 0.351 e. The molecule has 0 aromatic carbocycles. The molecule has 1 aromatic rings. The van der Waals surface area contributed by atoms with Crippen LogP contribution in [0.25, 0.3) is 0 Å². The fraction of sp³-hybridized carbons (Fsp3) is 0.636. The molecule has 1 aliphatic rings. The van der Waals surface area contributed by atoms with E-state index in [9.17, 15) is 0 Å². The number of nitrogens with zero attached hydrogens (tertiary/aromatic N) is 2. The van der Waals surface area contributed by atoms with Crippen molar-refractivity contribution in [3.8, 4) is 0 Å². The lowest BCUT2D eigenvalue weighted by atomic mass is 9.86. The van der Waals surface area contributed by atoms with E-state index in [0.717, 1.165) is 11.8 Å². The predicted octanol–water partition coefficient (Wildman–Crippen LogP) is 2.69. The highest BCUT2D eigenvalue weighted by Crippen LogP contribution is 2.27. The van der Waals surface area contributed by atoms with E-state index in [1.54, 1.807) is 12.4 Å². The number of rotatable bonds is 3. The Morgan fingerprint density at radius 3 is 2.73 bits per heavy atom. The first-order chi connectivity index (χ1) is 7.40. The Hall–Kier alpha value is -0.830. The highest BCUT2D eigenvalue weighted by Gasteiger charge is 2.24. The van der Waals surface area contributed by atoms with Crippen molar-refractivity contribution in [3.63, 3.8) is 0 Å². The molecule has 1 saturated carbocycles. The molecule has 0 amide bonds. The molecule has 1 N–H and O–H groups in total. The zero-order valence-electron chi connectivity index (χ0n) is 8.69. The molecule has 2 unspecified atom stereocenters. The van der Waals surface area contributed by atoms with Gasteiger partial charge in [0.15, 0.2) is 0 Å². The zero-order chi connectivity index (χ0) is 10.5. The van der Waals surface area contributed by atoms with Crippen LogP contribution in [0.1, 0.15) is 25.7 Å². The fourth-order valence-corrected chi connectivity index (χ4v) is 2.49. The van der Waals surface area contributed by atoms with E-state index in [2.05, 4.69) is 15.3 Å². The predicted molar refractivity (Wildman–Crippen MR) is 62.1 cm³/mol. The topological polar surface area (TPSA) is 37.8 Å². The van der Waals surface area contributed by atoms with Gasteiger partial charge in [0.05, 0.1) is 0 Å². The van der Waals surface area contributed by atoms with Crippen LogP contribution in [0.15, 0.2) is 18.5 Å². The molecule has 2 atom stereocenters. The van der Waals surface area contributed by atoms with Gasteiger partial charge in [0.1, 0.15) is 0 Å². The third-order valence-electron chi connectivity index (χ3n) is 2.99. The summed E-state index contributed by atoms with van der Waals surface area (Å²) in [6, 6.07) is 2.27. The number of nitrogens with one attached hydrogen (secondary N) is 1. The standard InChI is InChI=1S/C11H16ClN3/c12-8-9-4-1-2-5-10(9)15-11-13-6-3-7-14-11/h3,6-7,9-10H,1-2,4-5,8H2,(H,13,14,15). The summed E-state index contributed by atoms with van der Waals surface area (Å²) < 4.78 is 0. The maximum atomic E-state index is 5.96. The molecule has 0 spiro atoms. The molecular weight excluding hydrogens is 210 g/mol. The third kappa shape index (κ3) is 2.81. The molecule has 0 radical (unpaired) electrons. The molecular formula is C11H16ClN3. The molecule has 0 saturated heterocycles. The van der Waals surface area contributed by atoms with Gasteiger partial charge >= 0.3 is 0 Å². The fourth-order valence-electron chi connectivity index (χ4n) is 2.12. The second-order valence-electron chi connectivity index (χ2n) is 4.02. The number of hydrogen-bond donors (Lipinski definition) is 1. The molecule has 82 valence electrons. The van der Waals surface area contributed by atoms with Crippen molar-refractivity contribution in [1.29, 1.82) is 0 Å². The van der Waals surface area contributed by atoms with Crippen LogP contribution >= 0.6 is 11.6 Å². The lowest BCUT2D eigenvalue weighted by molar-refractivity contribution is 0.352. The smallest absolute Gasteiger partial charge is 0.222 e. The van der Waals surface area contributed by atoms with E-state index in [0.29, 0.717) is 12.0 Å². The minimum atomic E-state index is 0.443. The van der Waals surface area contributed by atoms with E-state index in [-0.39, 0.29) is 0 Å². The van der Waals surface area contributed by atoms with E-state index in [1.165, 1.54) is 25.7 Å². The van der Waals surface area contributed by atoms with Gasteiger partial charge < -0.3 is 5.32 Å². The molecule has 1 fully saturated rings. The van der Waals surface area contributed by atoms with Crippen LogP contribution in [-0.4, -0.2) is 21.9 Å². The molecule has 15 heavy (non-hydrogen) atoms. The molecule has 0 bridgehead atoms. The summed E-state index contributed by atoms with van der Waals surface area (Å²) in [5.41, 5.74) is 0. The van der Waals surface area contributed by atoms with Gasteiger partial charge in [-0.15, -0.1) is 11.6 Å². The van der Waals surface area contributed by atoms with Gasteiger partial charge in [-0.25, -0.2) is 9.97 Å². The van der Waals surface area contributed by atoms with Crippen molar-refractivity contribution in [3.05, 3.63) is 18.5 Å². The minimum absolute atomic E-state index is 0.443. The minimum Gasteiger partial charge on any atom is -0.351 e. The highest BCUT2D eigenvalue weighted by molar-refractivity contribution is 6.18. The average Bonchev–Trinajstić information content (AvgIpc) is 2.31. The van der Waals surface area contributed by atoms with E-state index in [4.69, 9.17) is 11.6 Å². The van der Waals surface area contributed by atoms with Crippen LogP contribution in [0.4, 0.5) is 5.95 Å². The van der Waals surface area contributed by atoms with Crippen molar-refractivity contribution in [2.75, 3.05) is 11.2 Å². The van der Waals surface area contributed by atoms with Crippen LogP contribution in [0.2, 0.25) is 0 Å². The number of anilines is 1. The SMILES string of the molecule is ClCC1CCCCC1Nc1ncccn1. The van der Waals surface area contributed by atoms with Crippen LogP contribution in [0.3, 0.4) is 0 Å². The lowest BCUT2D eigenvalue weighted by Gasteiger charge is -2.30. The maximum absolute atomic E-state index is 5.96. The quantitative estimate of drug-likeness (QED) is 0.804. The Kier molecular flexibility index (Phi) is 3.78. The molecule has 3 nitrogen and oxygen atoms in total. The Morgan fingerprint density at radius 2 is 2.00 bits per heavy atom. The molecule has 1 aliphatic carbocycles. The van der Waals surface area contributed by atoms with Gasteiger partial charge in [0.25, 0.3) is 0 Å². The summed E-state index contributed by atoms with van der Waals surface area (Å²) in [6.07, 6.45) is 8.48. The first-order valence-electron chi connectivity index (χ1n) is 5.49. The van der Waals surface area contributed by atoms with E-state index in [1.807, 2.05) is 6.07 Å². The third-order valence-corrected chi connectivity index (χ3v) is 3.38. The van der Waals surface area contributed by atoms with Gasteiger partial charge in [-0.2, -0.15) is 0 Å². The van der Waals surface area contributed by atoms with Gasteiger partial charge in [-0.3, -0.25) is 0 Å². The van der Waals surface area contributed by atoms with Crippen molar-refractivity contribution in [2.45, 2.75) is 31.7 Å². The van der Waals surface area contributed by atoms with E-state index < -0.39 is 0 Å². The molecule has 4 heteroatoms. The van der Waals surface area contributed by atoms with Crippen molar-refractivity contribution in [2.24, 2.45) is 5.92 Å². The summed E-state index contributed by atoms with van der Waals surface area (Å²) in [5, 5.41) is 3.38. The van der Waals surface area contributed by atoms with Crippen LogP contribution in [-0.2, 0) is 0 Å². The first kappa shape index (κ1) is 10.7. The van der Waals surface area contributed by atoms with Gasteiger partial charge in [-0.1, -0.05) is 12.8 Å². The average molecular weight is 226 g/mol. The summed E-state index contributed by atoms with van der Waals surface area (Å²) in [4.78, 5) is 8.35. The highest BCUT2D eigenvalue weighted by atomic mass is 35.5. The molecule has 0 aliphatic heterocycles. The monoisotopic (exact) mass is 225 g/mol. The lowest BCUT2D eigenvalue weighted by Crippen LogP contribution is -2.33. The Balaban J connectivity index is 1.97. The number of alkyl halides is 1. The van der Waals surface area contributed by atoms with Gasteiger partial charge in [-0.05, 0) is 24.8 Å². The van der Waals surface area contributed by atoms with Crippen molar-refractivity contribution in [1.82, 2.24) is 9.97 Å². The summed E-state index contributed by atoms with van der Waals surface area (Å²) in [7, 11) is 0. The molecule has 2 rings (SSSR count). The molecule has 1 heterocycles. The van der Waals surface area contributed by atoms with Crippen LogP contribution in [0.5, 0.6) is 0 Å². The van der Waals surface area contributed by atoms with Crippen molar-refractivity contribution < 1.29 is 0 Å². The normalized spacial score (nSPS) is 26.2. The summed E-state index contributed by atoms with van der Waals surface area (Å²) in [6.45, 7) is 0. The number of hydrogen-bond acceptors (Lipinski definition) is 3. The molecule has 1 aromatic heterocycles. The first-order valence-corrected chi connectivity index (χ1v) is 6.03. The Morgan fingerprint density at radius 1 is 1.27 bits per heavy atom. The summed E-state index contributed by atoms with van der Waals surface area (Å²) in [5.74, 6) is 2.01. The Labute approximate surface area is 95.3 Å². The van der Waals surface area contributed by atoms with Crippen molar-refractivity contribution >= 4 is 17.5 Å². The second kappa shape index (κ2) is 5.31. The van der Waals surface area contributed by atoms with Crippen LogP contribution < -0.4 is 5.32 Å². The number of aromatic nitrogens is 2. The van der Waals surface area contributed by atoms with Crippen LogP contribution in [0, 0.1) is 5.92 Å². The second-order valence-corrected chi connectivity index (χ2v) is 4.33. The summed E-state index contributed by atoms with van der Waals surface area (Å²) >= 11 is 5.96. The van der Waals surface area contributed by atoms with Gasteiger partial charge in [0, 0.05) is 24.3 Å². The maximum Gasteiger partial charge on any atom is 0.222 e.